The van der Waals surface area contributed by atoms with Crippen LogP contribution >= 0.6 is 0 Å². The zero-order valence-corrected chi connectivity index (χ0v) is 7.94. The first kappa shape index (κ1) is 9.98. The van der Waals surface area contributed by atoms with Gasteiger partial charge in [0.25, 0.3) is 0 Å². The summed E-state index contributed by atoms with van der Waals surface area (Å²) in [6.07, 6.45) is 1.26. The Labute approximate surface area is 76.7 Å². The fourth-order valence-corrected chi connectivity index (χ4v) is 1.26. The van der Waals surface area contributed by atoms with E-state index in [2.05, 4.69) is 9.73 Å². The van der Waals surface area contributed by atoms with Gasteiger partial charge in [-0.1, -0.05) is 0 Å². The Hall–Kier alpha value is -1.10. The van der Waals surface area contributed by atoms with Crippen LogP contribution in [-0.2, 0) is 19.0 Å². The lowest BCUT2D eigenvalue weighted by molar-refractivity contribution is -0.147. The first-order valence-electron chi connectivity index (χ1n) is 3.90. The molecule has 0 bridgehead atoms. The van der Waals surface area contributed by atoms with Gasteiger partial charge >= 0.3 is 5.97 Å². The molecule has 2 atom stereocenters. The van der Waals surface area contributed by atoms with Crippen LogP contribution in [0.15, 0.2) is 4.99 Å². The zero-order chi connectivity index (χ0) is 9.90. The maximum Gasteiger partial charge on any atom is 0.335 e. The normalized spacial score (nSPS) is 31.5. The topological polar surface area (TPSA) is 57.1 Å². The molecule has 0 fully saturated rings. The fourth-order valence-electron chi connectivity index (χ4n) is 1.26. The largest absolute Gasteiger partial charge is 0.472 e. The quantitative estimate of drug-likeness (QED) is 0.583. The molecular weight excluding hydrogens is 174 g/mol. The summed E-state index contributed by atoms with van der Waals surface area (Å²) in [6.45, 7) is 2.05. The van der Waals surface area contributed by atoms with Gasteiger partial charge in [0.05, 0.1) is 13.7 Å². The predicted molar refractivity (Wildman–Crippen MR) is 45.7 cm³/mol. The van der Waals surface area contributed by atoms with Crippen molar-refractivity contribution in [1.82, 2.24) is 0 Å². The standard InChI is InChI=1S/C8H13NO4/c1-8(4-11-2)6(7(10)12-3)9-5-13-8/h5-6H,4H2,1-3H3/t6-,8-/m0/s1. The molecule has 1 aliphatic heterocycles. The molecule has 74 valence electrons. The number of esters is 1. The highest BCUT2D eigenvalue weighted by atomic mass is 16.6. The lowest BCUT2D eigenvalue weighted by atomic mass is 9.99. The van der Waals surface area contributed by atoms with Crippen molar-refractivity contribution in [2.75, 3.05) is 20.8 Å². The van der Waals surface area contributed by atoms with Gasteiger partial charge in [0, 0.05) is 7.11 Å². The van der Waals surface area contributed by atoms with Crippen LogP contribution in [0, 0.1) is 0 Å². The molecule has 5 nitrogen and oxygen atoms in total. The maximum absolute atomic E-state index is 11.2. The summed E-state index contributed by atoms with van der Waals surface area (Å²) in [7, 11) is 2.87. The number of carbonyl (C=O) groups is 1. The predicted octanol–water partition coefficient (Wildman–Crippen LogP) is -0.00840. The molecule has 0 saturated carbocycles. The number of rotatable bonds is 3. The molecule has 0 aromatic heterocycles. The average Bonchev–Trinajstić information content (AvgIpc) is 2.47. The summed E-state index contributed by atoms with van der Waals surface area (Å²) >= 11 is 0. The second kappa shape index (κ2) is 3.74. The third-order valence-corrected chi connectivity index (χ3v) is 1.97. The molecule has 0 aromatic rings. The minimum absolute atomic E-state index is 0.298. The van der Waals surface area contributed by atoms with E-state index in [0.717, 1.165) is 0 Å². The lowest BCUT2D eigenvalue weighted by Gasteiger charge is -2.26. The minimum atomic E-state index is -0.734. The molecule has 13 heavy (non-hydrogen) atoms. The Morgan fingerprint density at radius 3 is 2.92 bits per heavy atom. The number of methoxy groups -OCH3 is 2. The van der Waals surface area contributed by atoms with Crippen LogP contribution < -0.4 is 0 Å². The summed E-state index contributed by atoms with van der Waals surface area (Å²) in [6, 6.07) is -0.627. The van der Waals surface area contributed by atoms with Gasteiger partial charge < -0.3 is 14.2 Å². The molecule has 0 spiro atoms. The molecule has 0 unspecified atom stereocenters. The number of hydrogen-bond donors (Lipinski definition) is 0. The Kier molecular flexibility index (Phi) is 2.87. The smallest absolute Gasteiger partial charge is 0.335 e. The van der Waals surface area contributed by atoms with Crippen molar-refractivity contribution in [3.05, 3.63) is 0 Å². The second-order valence-electron chi connectivity index (χ2n) is 3.04. The van der Waals surface area contributed by atoms with Crippen LogP contribution in [0.3, 0.4) is 0 Å². The highest BCUT2D eigenvalue weighted by molar-refractivity contribution is 5.80. The van der Waals surface area contributed by atoms with Gasteiger partial charge in [0.2, 0.25) is 0 Å². The van der Waals surface area contributed by atoms with Gasteiger partial charge in [-0.2, -0.15) is 0 Å². The first-order chi connectivity index (χ1) is 6.14. The molecule has 5 heteroatoms. The van der Waals surface area contributed by atoms with Gasteiger partial charge in [-0.15, -0.1) is 0 Å². The van der Waals surface area contributed by atoms with Crippen molar-refractivity contribution < 1.29 is 19.0 Å². The van der Waals surface area contributed by atoms with Gasteiger partial charge in [-0.3, -0.25) is 0 Å². The third-order valence-electron chi connectivity index (χ3n) is 1.97. The van der Waals surface area contributed by atoms with E-state index in [1.165, 1.54) is 13.5 Å². The summed E-state index contributed by atoms with van der Waals surface area (Å²) in [5.41, 5.74) is -0.734. The summed E-state index contributed by atoms with van der Waals surface area (Å²) in [4.78, 5) is 15.1. The Morgan fingerprint density at radius 2 is 2.38 bits per heavy atom. The van der Waals surface area contributed by atoms with Crippen molar-refractivity contribution in [2.45, 2.75) is 18.6 Å². The SMILES string of the molecule is COC[C@]1(C)OC=N[C@H]1C(=O)OC. The molecule has 1 aliphatic rings. The van der Waals surface area contributed by atoms with E-state index >= 15 is 0 Å². The van der Waals surface area contributed by atoms with Crippen LogP contribution in [0.2, 0.25) is 0 Å². The van der Waals surface area contributed by atoms with E-state index in [9.17, 15) is 4.79 Å². The van der Waals surface area contributed by atoms with E-state index in [1.807, 2.05) is 0 Å². The number of aliphatic imine (C=N–C) groups is 1. The minimum Gasteiger partial charge on any atom is -0.472 e. The van der Waals surface area contributed by atoms with E-state index in [1.54, 1.807) is 14.0 Å². The highest BCUT2D eigenvalue weighted by Gasteiger charge is 2.45. The van der Waals surface area contributed by atoms with Gasteiger partial charge in [-0.05, 0) is 6.92 Å². The molecule has 0 amide bonds. The van der Waals surface area contributed by atoms with Crippen molar-refractivity contribution in [3.8, 4) is 0 Å². The molecular formula is C8H13NO4. The number of carbonyl (C=O) groups excluding carboxylic acids is 1. The average molecular weight is 187 g/mol. The summed E-state index contributed by atoms with van der Waals surface area (Å²) in [5, 5.41) is 0. The van der Waals surface area contributed by atoms with Crippen LogP contribution in [0.4, 0.5) is 0 Å². The van der Waals surface area contributed by atoms with Crippen molar-refractivity contribution in [1.29, 1.82) is 0 Å². The first-order valence-corrected chi connectivity index (χ1v) is 3.90. The van der Waals surface area contributed by atoms with Crippen molar-refractivity contribution >= 4 is 12.4 Å². The Balaban J connectivity index is 2.71. The molecule has 0 radical (unpaired) electrons. The second-order valence-corrected chi connectivity index (χ2v) is 3.04. The molecule has 0 aromatic carbocycles. The maximum atomic E-state index is 11.2. The molecule has 1 rings (SSSR count). The molecule has 1 heterocycles. The van der Waals surface area contributed by atoms with Gasteiger partial charge in [0.15, 0.2) is 18.0 Å². The van der Waals surface area contributed by atoms with E-state index in [0.29, 0.717) is 6.61 Å². The summed E-state index contributed by atoms with van der Waals surface area (Å²) < 4.78 is 14.7. The van der Waals surface area contributed by atoms with Crippen LogP contribution in [-0.4, -0.2) is 44.8 Å². The van der Waals surface area contributed by atoms with Crippen molar-refractivity contribution in [2.24, 2.45) is 4.99 Å². The van der Waals surface area contributed by atoms with Gasteiger partial charge in [0.1, 0.15) is 0 Å². The number of nitrogens with zero attached hydrogens (tertiary/aromatic N) is 1. The fraction of sp³-hybridized carbons (Fsp3) is 0.750. The lowest BCUT2D eigenvalue weighted by Crippen LogP contribution is -2.45. The van der Waals surface area contributed by atoms with Gasteiger partial charge in [-0.25, -0.2) is 9.79 Å². The van der Waals surface area contributed by atoms with E-state index in [-0.39, 0.29) is 0 Å². The molecule has 0 aliphatic carbocycles. The highest BCUT2D eigenvalue weighted by Crippen LogP contribution is 2.24. The molecule has 0 N–H and O–H groups in total. The monoisotopic (exact) mass is 187 g/mol. The number of hydrogen-bond acceptors (Lipinski definition) is 5. The Bertz CT molecular complexity index is 228. The zero-order valence-electron chi connectivity index (χ0n) is 7.94. The summed E-state index contributed by atoms with van der Waals surface area (Å²) in [5.74, 6) is -0.409. The van der Waals surface area contributed by atoms with Crippen LogP contribution in [0.25, 0.3) is 0 Å². The third kappa shape index (κ3) is 1.80. The van der Waals surface area contributed by atoms with Crippen LogP contribution in [0.5, 0.6) is 0 Å². The molecule has 0 saturated heterocycles. The Morgan fingerprint density at radius 1 is 1.69 bits per heavy atom. The number of ether oxygens (including phenoxy) is 3. The van der Waals surface area contributed by atoms with E-state index < -0.39 is 17.6 Å². The van der Waals surface area contributed by atoms with Crippen LogP contribution in [0.1, 0.15) is 6.92 Å². The van der Waals surface area contributed by atoms with Crippen molar-refractivity contribution in [3.63, 3.8) is 0 Å². The van der Waals surface area contributed by atoms with E-state index in [4.69, 9.17) is 9.47 Å².